The van der Waals surface area contributed by atoms with Crippen LogP contribution in [0.5, 0.6) is 0 Å². The largest absolute Gasteiger partial charge is 0.388 e. The molecule has 1 unspecified atom stereocenters. The zero-order valence-corrected chi connectivity index (χ0v) is 12.4. The topological polar surface area (TPSA) is 55.9 Å². The van der Waals surface area contributed by atoms with Gasteiger partial charge in [0.05, 0.1) is 28.7 Å². The van der Waals surface area contributed by atoms with Crippen molar-refractivity contribution < 1.29 is 5.11 Å². The van der Waals surface area contributed by atoms with Gasteiger partial charge in [-0.1, -0.05) is 18.5 Å². The first kappa shape index (κ1) is 14.1. The number of halogens is 1. The summed E-state index contributed by atoms with van der Waals surface area (Å²) in [5.74, 6) is 0. The van der Waals surface area contributed by atoms with Crippen molar-refractivity contribution in [3.8, 4) is 0 Å². The molecule has 0 radical (unpaired) electrons. The first-order valence-corrected chi connectivity index (χ1v) is 6.70. The molecule has 2 heterocycles. The number of hydrogen-bond donors (Lipinski definition) is 1. The fraction of sp³-hybridized carbons (Fsp3) is 0.538. The molecule has 0 aliphatic carbocycles. The van der Waals surface area contributed by atoms with Crippen molar-refractivity contribution in [2.45, 2.75) is 32.8 Å². The van der Waals surface area contributed by atoms with E-state index in [4.69, 9.17) is 11.6 Å². The van der Waals surface area contributed by atoms with Gasteiger partial charge in [0.15, 0.2) is 0 Å². The molecule has 1 atom stereocenters. The Balaban J connectivity index is 2.26. The van der Waals surface area contributed by atoms with Gasteiger partial charge in [-0.25, -0.2) is 0 Å². The minimum atomic E-state index is -0.619. The summed E-state index contributed by atoms with van der Waals surface area (Å²) in [5, 5.41) is 19.5. The summed E-state index contributed by atoms with van der Waals surface area (Å²) in [6.07, 6.45) is 2.31. The Bertz CT molecular complexity index is 588. The van der Waals surface area contributed by atoms with Crippen LogP contribution in [0.3, 0.4) is 0 Å². The first-order valence-electron chi connectivity index (χ1n) is 6.32. The Morgan fingerprint density at radius 2 is 2.05 bits per heavy atom. The van der Waals surface area contributed by atoms with Crippen LogP contribution in [0, 0.1) is 6.92 Å². The quantitative estimate of drug-likeness (QED) is 0.933. The lowest BCUT2D eigenvalue weighted by Crippen LogP contribution is -2.08. The predicted octanol–water partition coefficient (Wildman–Crippen LogP) is 1.95. The van der Waals surface area contributed by atoms with Gasteiger partial charge in [0.25, 0.3) is 0 Å². The maximum Gasteiger partial charge on any atom is 0.0878 e. The third-order valence-corrected chi connectivity index (χ3v) is 3.96. The van der Waals surface area contributed by atoms with Gasteiger partial charge in [0.2, 0.25) is 0 Å². The lowest BCUT2D eigenvalue weighted by atomic mass is 10.1. The monoisotopic (exact) mass is 282 g/mol. The molecule has 0 amide bonds. The SMILES string of the molecule is CCc1nn(C)c(CC(O)c2cnn(C)c2C)c1Cl. The summed E-state index contributed by atoms with van der Waals surface area (Å²) in [7, 11) is 3.71. The summed E-state index contributed by atoms with van der Waals surface area (Å²) >= 11 is 6.29. The third-order valence-electron chi connectivity index (χ3n) is 3.52. The molecule has 0 bridgehead atoms. The highest BCUT2D eigenvalue weighted by Gasteiger charge is 2.20. The molecule has 2 aromatic rings. The van der Waals surface area contributed by atoms with Gasteiger partial charge >= 0.3 is 0 Å². The van der Waals surface area contributed by atoms with E-state index in [9.17, 15) is 5.11 Å². The number of rotatable bonds is 4. The number of aliphatic hydroxyl groups excluding tert-OH is 1. The summed E-state index contributed by atoms with van der Waals surface area (Å²) in [6.45, 7) is 3.95. The Morgan fingerprint density at radius 1 is 1.37 bits per heavy atom. The van der Waals surface area contributed by atoms with Crippen molar-refractivity contribution in [3.05, 3.63) is 33.9 Å². The normalized spacial score (nSPS) is 12.9. The van der Waals surface area contributed by atoms with E-state index in [2.05, 4.69) is 10.2 Å². The van der Waals surface area contributed by atoms with Gasteiger partial charge in [-0.3, -0.25) is 9.36 Å². The molecule has 2 rings (SSSR count). The van der Waals surface area contributed by atoms with Crippen molar-refractivity contribution in [1.82, 2.24) is 19.6 Å². The summed E-state index contributed by atoms with van der Waals surface area (Å²) in [4.78, 5) is 0. The maximum atomic E-state index is 10.3. The van der Waals surface area contributed by atoms with Crippen LogP contribution < -0.4 is 0 Å². The molecule has 0 aromatic carbocycles. The molecule has 0 saturated heterocycles. The van der Waals surface area contributed by atoms with E-state index in [1.165, 1.54) is 0 Å². The fourth-order valence-electron chi connectivity index (χ4n) is 2.18. The van der Waals surface area contributed by atoms with E-state index >= 15 is 0 Å². The highest BCUT2D eigenvalue weighted by Crippen LogP contribution is 2.27. The summed E-state index contributed by atoms with van der Waals surface area (Å²) in [5.41, 5.74) is 3.52. The average molecular weight is 283 g/mol. The van der Waals surface area contributed by atoms with Crippen LogP contribution in [0.2, 0.25) is 5.02 Å². The van der Waals surface area contributed by atoms with Gasteiger partial charge in [0.1, 0.15) is 0 Å². The lowest BCUT2D eigenvalue weighted by molar-refractivity contribution is 0.175. The van der Waals surface area contributed by atoms with Crippen LogP contribution in [0.15, 0.2) is 6.20 Å². The minimum Gasteiger partial charge on any atom is -0.388 e. The molecule has 1 N–H and O–H groups in total. The molecule has 0 saturated carbocycles. The van der Waals surface area contributed by atoms with Gasteiger partial charge < -0.3 is 5.11 Å². The zero-order valence-electron chi connectivity index (χ0n) is 11.7. The van der Waals surface area contributed by atoms with Crippen LogP contribution in [0.4, 0.5) is 0 Å². The number of aryl methyl sites for hydroxylation is 3. The molecule has 0 spiro atoms. The molecule has 104 valence electrons. The van der Waals surface area contributed by atoms with Crippen molar-refractivity contribution in [1.29, 1.82) is 0 Å². The van der Waals surface area contributed by atoms with Crippen molar-refractivity contribution >= 4 is 11.6 Å². The fourth-order valence-corrected chi connectivity index (χ4v) is 2.55. The van der Waals surface area contributed by atoms with E-state index in [1.807, 2.05) is 27.9 Å². The Morgan fingerprint density at radius 3 is 2.53 bits per heavy atom. The Labute approximate surface area is 117 Å². The maximum absolute atomic E-state index is 10.3. The molecular formula is C13H19ClN4O. The number of aliphatic hydroxyl groups is 1. The molecule has 0 aliphatic rings. The highest BCUT2D eigenvalue weighted by atomic mass is 35.5. The van der Waals surface area contributed by atoms with Crippen molar-refractivity contribution in [3.63, 3.8) is 0 Å². The molecule has 0 fully saturated rings. The van der Waals surface area contributed by atoms with Crippen molar-refractivity contribution in [2.75, 3.05) is 0 Å². The van der Waals surface area contributed by atoms with Gasteiger partial charge in [-0.05, 0) is 13.3 Å². The van der Waals surface area contributed by atoms with Crippen LogP contribution in [0.25, 0.3) is 0 Å². The Kier molecular flexibility index (Phi) is 3.96. The average Bonchev–Trinajstić information content (AvgIpc) is 2.84. The second kappa shape index (κ2) is 5.35. The summed E-state index contributed by atoms with van der Waals surface area (Å²) < 4.78 is 3.50. The van der Waals surface area contributed by atoms with Crippen molar-refractivity contribution in [2.24, 2.45) is 14.1 Å². The van der Waals surface area contributed by atoms with Crippen LogP contribution in [-0.4, -0.2) is 24.7 Å². The third kappa shape index (κ3) is 2.53. The van der Waals surface area contributed by atoms with Gasteiger partial charge in [-0.2, -0.15) is 10.2 Å². The van der Waals surface area contributed by atoms with E-state index in [1.54, 1.807) is 15.6 Å². The number of nitrogens with zero attached hydrogens (tertiary/aromatic N) is 4. The number of hydrogen-bond acceptors (Lipinski definition) is 3. The van der Waals surface area contributed by atoms with Crippen LogP contribution in [0.1, 0.15) is 35.7 Å². The van der Waals surface area contributed by atoms with Crippen LogP contribution in [-0.2, 0) is 26.9 Å². The number of aromatic nitrogens is 4. The molecular weight excluding hydrogens is 264 g/mol. The second-order valence-corrected chi connectivity index (χ2v) is 5.09. The van der Waals surface area contributed by atoms with Crippen LogP contribution >= 0.6 is 11.6 Å². The van der Waals surface area contributed by atoms with E-state index < -0.39 is 6.10 Å². The second-order valence-electron chi connectivity index (χ2n) is 4.71. The molecule has 2 aromatic heterocycles. The highest BCUT2D eigenvalue weighted by molar-refractivity contribution is 6.31. The predicted molar refractivity (Wildman–Crippen MR) is 74.2 cm³/mol. The Hall–Kier alpha value is -1.33. The van der Waals surface area contributed by atoms with Gasteiger partial charge in [0, 0.05) is 31.8 Å². The van der Waals surface area contributed by atoms with E-state index in [0.29, 0.717) is 11.4 Å². The minimum absolute atomic E-state index is 0.439. The van der Waals surface area contributed by atoms with Gasteiger partial charge in [-0.15, -0.1) is 0 Å². The zero-order chi connectivity index (χ0) is 14.2. The van der Waals surface area contributed by atoms with E-state index in [-0.39, 0.29) is 0 Å². The molecule has 5 nitrogen and oxygen atoms in total. The molecule has 0 aliphatic heterocycles. The lowest BCUT2D eigenvalue weighted by Gasteiger charge is -2.11. The molecule has 6 heteroatoms. The molecule has 19 heavy (non-hydrogen) atoms. The summed E-state index contributed by atoms with van der Waals surface area (Å²) in [6, 6.07) is 0. The smallest absolute Gasteiger partial charge is 0.0878 e. The van der Waals surface area contributed by atoms with E-state index in [0.717, 1.165) is 29.1 Å². The first-order chi connectivity index (χ1) is 8.95. The standard InChI is InChI=1S/C13H19ClN4O/c1-5-10-13(14)11(18(4)16-10)6-12(19)9-7-15-17(3)8(9)2/h7,12,19H,5-6H2,1-4H3.